The van der Waals surface area contributed by atoms with E-state index in [1.54, 1.807) is 0 Å². The Balaban J connectivity index is 2.26. The molecule has 0 radical (unpaired) electrons. The molecule has 0 unspecified atom stereocenters. The topological polar surface area (TPSA) is 23.8 Å². The fourth-order valence-electron chi connectivity index (χ4n) is 2.53. The summed E-state index contributed by atoms with van der Waals surface area (Å²) in [7, 11) is 0. The first kappa shape index (κ1) is 13.6. The Morgan fingerprint density at radius 3 is 2.12 bits per heavy atom. The molecule has 1 saturated carbocycles. The van der Waals surface area contributed by atoms with Crippen molar-refractivity contribution in [3.63, 3.8) is 0 Å². The molecule has 90 valence electrons. The molecular formula is C14H15I2N. The van der Waals surface area contributed by atoms with Crippen LogP contribution >= 0.6 is 45.2 Å². The summed E-state index contributed by atoms with van der Waals surface area (Å²) < 4.78 is 2.20. The molecule has 0 atom stereocenters. The normalized spacial score (nSPS) is 24.4. The maximum absolute atomic E-state index is 9.08. The number of rotatable bonds is 1. The molecule has 1 aromatic carbocycles. The first-order chi connectivity index (χ1) is 8.11. The Hall–Kier alpha value is 0.170. The summed E-state index contributed by atoms with van der Waals surface area (Å²) in [5.41, 5.74) is 2.27. The van der Waals surface area contributed by atoms with Crippen LogP contribution in [-0.2, 0) is 0 Å². The van der Waals surface area contributed by atoms with Crippen molar-refractivity contribution in [1.29, 1.82) is 5.26 Å². The Labute approximate surface area is 130 Å². The van der Waals surface area contributed by atoms with E-state index in [9.17, 15) is 0 Å². The van der Waals surface area contributed by atoms with Gasteiger partial charge in [0, 0.05) is 7.14 Å². The van der Waals surface area contributed by atoms with Gasteiger partial charge in [-0.1, -0.05) is 19.8 Å². The second-order valence-corrected chi connectivity index (χ2v) is 7.25. The first-order valence-corrected chi connectivity index (χ1v) is 8.16. The number of nitriles is 1. The third-order valence-corrected chi connectivity index (χ3v) is 5.37. The molecule has 0 amide bonds. The zero-order valence-corrected chi connectivity index (χ0v) is 14.2. The molecule has 1 aliphatic carbocycles. The van der Waals surface area contributed by atoms with Crippen LogP contribution in [0.1, 0.15) is 49.7 Å². The van der Waals surface area contributed by atoms with Gasteiger partial charge in [0.25, 0.3) is 0 Å². The van der Waals surface area contributed by atoms with E-state index in [0.29, 0.717) is 5.92 Å². The maximum atomic E-state index is 9.08. The molecule has 0 saturated heterocycles. The van der Waals surface area contributed by atoms with Gasteiger partial charge in [0.1, 0.15) is 6.07 Å². The highest BCUT2D eigenvalue weighted by molar-refractivity contribution is 14.1. The quantitative estimate of drug-likeness (QED) is 0.548. The molecule has 1 aromatic rings. The first-order valence-electron chi connectivity index (χ1n) is 6.01. The van der Waals surface area contributed by atoms with Crippen LogP contribution in [0.2, 0.25) is 0 Å². The summed E-state index contributed by atoms with van der Waals surface area (Å²) in [5, 5.41) is 9.08. The van der Waals surface area contributed by atoms with Crippen molar-refractivity contribution in [2.24, 2.45) is 5.92 Å². The van der Waals surface area contributed by atoms with E-state index in [2.05, 4.69) is 70.3 Å². The van der Waals surface area contributed by atoms with Gasteiger partial charge < -0.3 is 0 Å². The molecule has 0 aromatic heterocycles. The van der Waals surface area contributed by atoms with Crippen molar-refractivity contribution in [2.75, 3.05) is 0 Å². The number of hydrogen-bond donors (Lipinski definition) is 0. The van der Waals surface area contributed by atoms with E-state index < -0.39 is 0 Å². The third kappa shape index (κ3) is 3.14. The Kier molecular flexibility index (Phi) is 4.70. The van der Waals surface area contributed by atoms with Crippen LogP contribution in [0, 0.1) is 24.4 Å². The molecular weight excluding hydrogens is 436 g/mol. The lowest BCUT2D eigenvalue weighted by atomic mass is 9.79. The number of nitrogens with zero attached hydrogens (tertiary/aromatic N) is 1. The molecule has 3 heteroatoms. The van der Waals surface area contributed by atoms with E-state index in [-0.39, 0.29) is 0 Å². The zero-order valence-electron chi connectivity index (χ0n) is 9.84. The minimum absolute atomic E-state index is 0.709. The zero-order chi connectivity index (χ0) is 12.4. The van der Waals surface area contributed by atoms with Crippen molar-refractivity contribution in [1.82, 2.24) is 0 Å². The van der Waals surface area contributed by atoms with Gasteiger partial charge in [0.15, 0.2) is 0 Å². The largest absolute Gasteiger partial charge is 0.192 e. The second-order valence-electron chi connectivity index (χ2n) is 4.93. The summed E-state index contributed by atoms with van der Waals surface area (Å²) in [4.78, 5) is 0. The summed E-state index contributed by atoms with van der Waals surface area (Å²) in [5.74, 6) is 1.60. The number of benzene rings is 1. The highest BCUT2D eigenvalue weighted by Gasteiger charge is 2.21. The fourth-order valence-corrected chi connectivity index (χ4v) is 4.59. The number of hydrogen-bond acceptors (Lipinski definition) is 1. The van der Waals surface area contributed by atoms with Crippen LogP contribution in [0.4, 0.5) is 0 Å². The van der Waals surface area contributed by atoms with E-state index >= 15 is 0 Å². The number of halogens is 2. The van der Waals surface area contributed by atoms with Crippen LogP contribution < -0.4 is 0 Å². The van der Waals surface area contributed by atoms with Crippen molar-refractivity contribution in [3.05, 3.63) is 30.4 Å². The highest BCUT2D eigenvalue weighted by Crippen LogP contribution is 2.37. The average molecular weight is 451 g/mol. The Morgan fingerprint density at radius 2 is 1.65 bits per heavy atom. The lowest BCUT2D eigenvalue weighted by molar-refractivity contribution is 0.348. The van der Waals surface area contributed by atoms with Gasteiger partial charge in [-0.2, -0.15) is 5.26 Å². The molecule has 0 heterocycles. The fraction of sp³-hybridized carbons (Fsp3) is 0.500. The lowest BCUT2D eigenvalue weighted by Gasteiger charge is -2.26. The minimum atomic E-state index is 0.709. The molecule has 1 aliphatic rings. The van der Waals surface area contributed by atoms with Crippen LogP contribution in [0.3, 0.4) is 0 Å². The predicted molar refractivity (Wildman–Crippen MR) is 87.0 cm³/mol. The molecule has 0 spiro atoms. The lowest BCUT2D eigenvalue weighted by Crippen LogP contribution is -2.11. The van der Waals surface area contributed by atoms with Gasteiger partial charge in [-0.3, -0.25) is 0 Å². The Bertz CT molecular complexity index is 431. The van der Waals surface area contributed by atoms with Gasteiger partial charge in [-0.05, 0) is 87.6 Å². The van der Waals surface area contributed by atoms with Gasteiger partial charge in [-0.25, -0.2) is 0 Å². The molecule has 2 rings (SSSR count). The molecule has 0 aliphatic heterocycles. The maximum Gasteiger partial charge on any atom is 0.101 e. The van der Waals surface area contributed by atoms with Crippen LogP contribution in [0.25, 0.3) is 0 Å². The van der Waals surface area contributed by atoms with Crippen molar-refractivity contribution < 1.29 is 0 Å². The minimum Gasteiger partial charge on any atom is -0.192 e. The molecule has 0 N–H and O–H groups in total. The average Bonchev–Trinajstić information content (AvgIpc) is 2.29. The van der Waals surface area contributed by atoms with Crippen LogP contribution in [0.15, 0.2) is 12.1 Å². The van der Waals surface area contributed by atoms with Gasteiger partial charge >= 0.3 is 0 Å². The summed E-state index contributed by atoms with van der Waals surface area (Å²) in [6.07, 6.45) is 5.30. The smallest absolute Gasteiger partial charge is 0.101 e. The van der Waals surface area contributed by atoms with Crippen molar-refractivity contribution in [2.45, 2.75) is 38.5 Å². The van der Waals surface area contributed by atoms with Gasteiger partial charge in [0.05, 0.1) is 5.56 Å². The standard InChI is InChI=1S/C14H15I2N/c1-9-2-4-10(5-3-9)11-6-13(15)12(8-17)14(16)7-11/h6-7,9-10H,2-5H2,1H3. The molecule has 1 nitrogen and oxygen atoms in total. The monoisotopic (exact) mass is 451 g/mol. The van der Waals surface area contributed by atoms with Crippen LogP contribution in [0.5, 0.6) is 0 Å². The molecule has 17 heavy (non-hydrogen) atoms. The van der Waals surface area contributed by atoms with E-state index in [1.165, 1.54) is 31.2 Å². The molecule has 0 bridgehead atoms. The van der Waals surface area contributed by atoms with E-state index in [1.807, 2.05) is 0 Å². The highest BCUT2D eigenvalue weighted by atomic mass is 127. The Morgan fingerprint density at radius 1 is 1.12 bits per heavy atom. The summed E-state index contributed by atoms with van der Waals surface area (Å²) in [6, 6.07) is 6.71. The SMILES string of the molecule is CC1CCC(c2cc(I)c(C#N)c(I)c2)CC1. The third-order valence-electron chi connectivity index (χ3n) is 3.66. The van der Waals surface area contributed by atoms with E-state index in [0.717, 1.165) is 18.6 Å². The van der Waals surface area contributed by atoms with E-state index in [4.69, 9.17) is 5.26 Å². The van der Waals surface area contributed by atoms with Gasteiger partial charge in [0.2, 0.25) is 0 Å². The van der Waals surface area contributed by atoms with Crippen molar-refractivity contribution in [3.8, 4) is 6.07 Å². The summed E-state index contributed by atoms with van der Waals surface area (Å²) >= 11 is 4.57. The molecule has 1 fully saturated rings. The summed E-state index contributed by atoms with van der Waals surface area (Å²) in [6.45, 7) is 2.35. The predicted octanol–water partition coefficient (Wildman–Crippen LogP) is 5.06. The van der Waals surface area contributed by atoms with Gasteiger partial charge in [-0.15, -0.1) is 0 Å². The van der Waals surface area contributed by atoms with Crippen molar-refractivity contribution >= 4 is 45.2 Å². The van der Waals surface area contributed by atoms with Crippen LogP contribution in [-0.4, -0.2) is 0 Å². The second kappa shape index (κ2) is 5.87.